The molecule has 0 N–H and O–H groups in total. The second-order valence-corrected chi connectivity index (χ2v) is 17.0. The third-order valence-electron chi connectivity index (χ3n) is 10.7. The van der Waals surface area contributed by atoms with E-state index in [0.717, 1.165) is 148 Å². The number of esters is 3. The fourth-order valence-electron chi connectivity index (χ4n) is 6.75. The minimum absolute atomic E-state index is 0.107. The van der Waals surface area contributed by atoms with Crippen LogP contribution in [-0.4, -0.2) is 37.2 Å². The molecule has 0 aliphatic carbocycles. The summed E-state index contributed by atoms with van der Waals surface area (Å²) in [6, 6.07) is 0. The van der Waals surface area contributed by atoms with E-state index in [-0.39, 0.29) is 37.5 Å². The molecule has 1 atom stereocenters. The van der Waals surface area contributed by atoms with Gasteiger partial charge < -0.3 is 14.2 Å². The standard InChI is InChI=1S/C60H96O6/c1-4-7-10-13-16-19-22-25-27-29-30-32-33-35-38-41-44-47-50-53-59(62)65-56-57(55-64-58(61)52-49-46-43-40-37-24-21-18-15-12-9-6-3)66-60(63)54-51-48-45-42-39-36-34-31-28-26-23-20-17-14-11-8-5-2/h7-8,10-11,16-21,25-28,30,32,34-36,38,57H,4-6,9,12-15,22-24,29,31,33,37,39-56H2,1-3H3/b10-7-,11-8-,19-16-,20-17-,21-18-,27-25-,28-26-,32-30-,36-34-,38-35-. The maximum atomic E-state index is 12.8. The molecule has 6 heteroatoms. The van der Waals surface area contributed by atoms with Gasteiger partial charge in [-0.1, -0.05) is 194 Å². The van der Waals surface area contributed by atoms with Crippen molar-refractivity contribution >= 4 is 17.9 Å². The Morgan fingerprint density at radius 3 is 0.955 bits per heavy atom. The van der Waals surface area contributed by atoms with Gasteiger partial charge in [0.1, 0.15) is 13.2 Å². The van der Waals surface area contributed by atoms with Crippen molar-refractivity contribution in [1.29, 1.82) is 0 Å². The highest BCUT2D eigenvalue weighted by Gasteiger charge is 2.19. The van der Waals surface area contributed by atoms with Gasteiger partial charge in [-0.2, -0.15) is 0 Å². The summed E-state index contributed by atoms with van der Waals surface area (Å²) in [5.41, 5.74) is 0. The second kappa shape index (κ2) is 53.4. The van der Waals surface area contributed by atoms with Crippen molar-refractivity contribution in [2.24, 2.45) is 0 Å². The Kier molecular flexibility index (Phi) is 50.0. The summed E-state index contributed by atoms with van der Waals surface area (Å²) in [6.07, 6.45) is 73.2. The van der Waals surface area contributed by atoms with E-state index in [2.05, 4.69) is 142 Å². The number of ether oxygens (including phenoxy) is 3. The van der Waals surface area contributed by atoms with Crippen LogP contribution in [0.5, 0.6) is 0 Å². The Balaban J connectivity index is 4.51. The topological polar surface area (TPSA) is 78.9 Å². The predicted molar refractivity (Wildman–Crippen MR) is 283 cm³/mol. The molecule has 66 heavy (non-hydrogen) atoms. The minimum Gasteiger partial charge on any atom is -0.462 e. The van der Waals surface area contributed by atoms with Crippen molar-refractivity contribution in [2.45, 2.75) is 226 Å². The molecular formula is C60H96O6. The highest BCUT2D eigenvalue weighted by Crippen LogP contribution is 2.12. The Morgan fingerprint density at radius 1 is 0.318 bits per heavy atom. The molecule has 0 amide bonds. The van der Waals surface area contributed by atoms with E-state index in [9.17, 15) is 14.4 Å². The lowest BCUT2D eigenvalue weighted by Crippen LogP contribution is -2.30. The van der Waals surface area contributed by atoms with Gasteiger partial charge in [0, 0.05) is 19.3 Å². The Morgan fingerprint density at radius 2 is 0.591 bits per heavy atom. The number of hydrogen-bond acceptors (Lipinski definition) is 6. The molecule has 1 unspecified atom stereocenters. The number of unbranched alkanes of at least 4 members (excludes halogenated alkanes) is 15. The molecule has 0 spiro atoms. The second-order valence-electron chi connectivity index (χ2n) is 17.0. The molecule has 0 saturated heterocycles. The zero-order valence-corrected chi connectivity index (χ0v) is 42.4. The van der Waals surface area contributed by atoms with Crippen molar-refractivity contribution in [1.82, 2.24) is 0 Å². The molecule has 6 nitrogen and oxygen atoms in total. The van der Waals surface area contributed by atoms with E-state index in [0.29, 0.717) is 12.8 Å². The maximum absolute atomic E-state index is 12.8. The van der Waals surface area contributed by atoms with Gasteiger partial charge in [0.2, 0.25) is 0 Å². The maximum Gasteiger partial charge on any atom is 0.306 e. The first-order valence-electron chi connectivity index (χ1n) is 26.5. The molecule has 0 bridgehead atoms. The smallest absolute Gasteiger partial charge is 0.306 e. The van der Waals surface area contributed by atoms with E-state index in [4.69, 9.17) is 14.2 Å². The molecule has 0 aliphatic heterocycles. The molecule has 372 valence electrons. The molecule has 0 fully saturated rings. The molecular weight excluding hydrogens is 817 g/mol. The van der Waals surface area contributed by atoms with Crippen LogP contribution in [0.1, 0.15) is 220 Å². The fraction of sp³-hybridized carbons (Fsp3) is 0.617. The summed E-state index contributed by atoms with van der Waals surface area (Å²) < 4.78 is 16.8. The molecule has 0 rings (SSSR count). The molecule has 0 aromatic carbocycles. The van der Waals surface area contributed by atoms with Gasteiger partial charge in [0.05, 0.1) is 0 Å². The zero-order chi connectivity index (χ0) is 47.9. The average molecular weight is 913 g/mol. The molecule has 0 saturated carbocycles. The Bertz CT molecular complexity index is 1420. The third kappa shape index (κ3) is 50.8. The number of allylic oxidation sites excluding steroid dienone is 20. The summed E-state index contributed by atoms with van der Waals surface area (Å²) in [4.78, 5) is 38.0. The minimum atomic E-state index is -0.811. The van der Waals surface area contributed by atoms with Gasteiger partial charge in [-0.15, -0.1) is 0 Å². The Hall–Kier alpha value is -4.19. The van der Waals surface area contributed by atoms with Crippen LogP contribution in [0.15, 0.2) is 122 Å². The molecule has 0 aliphatic rings. The van der Waals surface area contributed by atoms with Crippen molar-refractivity contribution in [3.63, 3.8) is 0 Å². The van der Waals surface area contributed by atoms with E-state index >= 15 is 0 Å². The summed E-state index contributed by atoms with van der Waals surface area (Å²) in [5.74, 6) is -0.979. The van der Waals surface area contributed by atoms with Crippen molar-refractivity contribution in [3.05, 3.63) is 122 Å². The van der Waals surface area contributed by atoms with Gasteiger partial charge in [0.15, 0.2) is 6.10 Å². The monoisotopic (exact) mass is 913 g/mol. The van der Waals surface area contributed by atoms with Crippen LogP contribution in [0.3, 0.4) is 0 Å². The van der Waals surface area contributed by atoms with E-state index in [1.165, 1.54) is 32.1 Å². The molecule has 0 heterocycles. The highest BCUT2D eigenvalue weighted by molar-refractivity contribution is 5.71. The number of carbonyl (C=O) groups excluding carboxylic acids is 3. The zero-order valence-electron chi connectivity index (χ0n) is 42.4. The number of rotatable bonds is 46. The molecule has 0 aromatic heterocycles. The third-order valence-corrected chi connectivity index (χ3v) is 10.7. The lowest BCUT2D eigenvalue weighted by molar-refractivity contribution is -0.167. The summed E-state index contributed by atoms with van der Waals surface area (Å²) in [5, 5.41) is 0. The van der Waals surface area contributed by atoms with E-state index in [1.807, 2.05) is 0 Å². The summed E-state index contributed by atoms with van der Waals surface area (Å²) in [7, 11) is 0. The van der Waals surface area contributed by atoms with Crippen molar-refractivity contribution < 1.29 is 28.6 Å². The van der Waals surface area contributed by atoms with Crippen LogP contribution >= 0.6 is 0 Å². The SMILES string of the molecule is CC/C=C\C/C=C\C/C=C\C/C=C\C/C=C\CCCCCC(=O)OCC(COC(=O)CCCCCCC/C=C\CCCCC)OC(=O)CCCCCC/C=C\C/C=C\C/C=C\C/C=C\CC. The molecule has 0 aromatic rings. The van der Waals surface area contributed by atoms with Crippen molar-refractivity contribution in [2.75, 3.05) is 13.2 Å². The van der Waals surface area contributed by atoms with Crippen LogP contribution in [0.4, 0.5) is 0 Å². The van der Waals surface area contributed by atoms with Crippen LogP contribution < -0.4 is 0 Å². The normalized spacial score (nSPS) is 13.1. The summed E-state index contributed by atoms with van der Waals surface area (Å²) in [6.45, 7) is 6.31. The van der Waals surface area contributed by atoms with E-state index < -0.39 is 6.10 Å². The van der Waals surface area contributed by atoms with Gasteiger partial charge in [-0.05, 0) is 128 Å². The van der Waals surface area contributed by atoms with Crippen LogP contribution in [0.25, 0.3) is 0 Å². The van der Waals surface area contributed by atoms with Gasteiger partial charge in [-0.3, -0.25) is 14.4 Å². The lowest BCUT2D eigenvalue weighted by atomic mass is 10.1. The largest absolute Gasteiger partial charge is 0.462 e. The van der Waals surface area contributed by atoms with Gasteiger partial charge in [0.25, 0.3) is 0 Å². The van der Waals surface area contributed by atoms with Gasteiger partial charge >= 0.3 is 17.9 Å². The van der Waals surface area contributed by atoms with Crippen LogP contribution in [0, 0.1) is 0 Å². The highest BCUT2D eigenvalue weighted by atomic mass is 16.6. The quantitative estimate of drug-likeness (QED) is 0.0262. The van der Waals surface area contributed by atoms with Crippen LogP contribution in [-0.2, 0) is 28.6 Å². The first kappa shape index (κ1) is 61.8. The molecule has 0 radical (unpaired) electrons. The average Bonchev–Trinajstić information content (AvgIpc) is 3.31. The Labute approximate surface area is 405 Å². The van der Waals surface area contributed by atoms with E-state index in [1.54, 1.807) is 0 Å². The predicted octanol–water partition coefficient (Wildman–Crippen LogP) is 17.7. The van der Waals surface area contributed by atoms with Crippen LogP contribution in [0.2, 0.25) is 0 Å². The number of carbonyl (C=O) groups is 3. The lowest BCUT2D eigenvalue weighted by Gasteiger charge is -2.18. The first-order valence-corrected chi connectivity index (χ1v) is 26.5. The number of hydrogen-bond donors (Lipinski definition) is 0. The van der Waals surface area contributed by atoms with Gasteiger partial charge in [-0.25, -0.2) is 0 Å². The summed E-state index contributed by atoms with van der Waals surface area (Å²) >= 11 is 0. The van der Waals surface area contributed by atoms with Crippen molar-refractivity contribution in [3.8, 4) is 0 Å². The first-order chi connectivity index (χ1) is 32.5. The fourth-order valence-corrected chi connectivity index (χ4v) is 6.75.